The van der Waals surface area contributed by atoms with Crippen LogP contribution in [0.4, 0.5) is 4.79 Å². The number of halogens is 1. The highest BCUT2D eigenvalue weighted by Crippen LogP contribution is 2.15. The van der Waals surface area contributed by atoms with E-state index in [9.17, 15) is 9.59 Å². The van der Waals surface area contributed by atoms with E-state index >= 15 is 0 Å². The van der Waals surface area contributed by atoms with Crippen LogP contribution < -0.4 is 20.9 Å². The van der Waals surface area contributed by atoms with Crippen LogP contribution in [0.15, 0.2) is 34.1 Å². The normalized spacial score (nSPS) is 10.1. The Bertz CT molecular complexity index is 690. The first-order chi connectivity index (χ1) is 11.5. The van der Waals surface area contributed by atoms with Crippen molar-refractivity contribution in [3.63, 3.8) is 0 Å². The molecule has 0 saturated carbocycles. The SMILES string of the molecule is Cc1nc(CCNC(=O)NNC(=O)COc2ccc(Br)cc2)cs1. The summed E-state index contributed by atoms with van der Waals surface area (Å²) in [5.74, 6) is 0.111. The molecule has 2 rings (SSSR count). The summed E-state index contributed by atoms with van der Waals surface area (Å²) < 4.78 is 6.21. The van der Waals surface area contributed by atoms with Crippen LogP contribution >= 0.6 is 27.3 Å². The maximum Gasteiger partial charge on any atom is 0.333 e. The number of ether oxygens (including phenoxy) is 1. The van der Waals surface area contributed by atoms with E-state index in [1.807, 2.05) is 24.4 Å². The van der Waals surface area contributed by atoms with Gasteiger partial charge in [0.25, 0.3) is 5.91 Å². The summed E-state index contributed by atoms with van der Waals surface area (Å²) in [5, 5.41) is 5.58. The third-order valence-electron chi connectivity index (χ3n) is 2.83. The van der Waals surface area contributed by atoms with Crippen molar-refractivity contribution >= 4 is 39.2 Å². The second kappa shape index (κ2) is 9.24. The van der Waals surface area contributed by atoms with E-state index < -0.39 is 11.9 Å². The molecule has 3 N–H and O–H groups in total. The first-order valence-electron chi connectivity index (χ1n) is 7.15. The number of carbonyl (C=O) groups excluding carboxylic acids is 2. The Kier molecular flexibility index (Phi) is 7.01. The molecule has 1 aromatic carbocycles. The van der Waals surface area contributed by atoms with Gasteiger partial charge in [0.2, 0.25) is 0 Å². The monoisotopic (exact) mass is 412 g/mol. The number of hydrogen-bond acceptors (Lipinski definition) is 5. The Morgan fingerprint density at radius 2 is 2.00 bits per heavy atom. The maximum absolute atomic E-state index is 11.6. The largest absolute Gasteiger partial charge is 0.484 e. The number of aryl methyl sites for hydroxylation is 1. The fourth-order valence-corrected chi connectivity index (χ4v) is 2.63. The molecule has 24 heavy (non-hydrogen) atoms. The molecule has 0 unspecified atom stereocenters. The van der Waals surface area contributed by atoms with E-state index in [1.165, 1.54) is 0 Å². The van der Waals surface area contributed by atoms with Gasteiger partial charge in [0.05, 0.1) is 10.7 Å². The average Bonchev–Trinajstić information content (AvgIpc) is 2.98. The molecule has 7 nitrogen and oxygen atoms in total. The van der Waals surface area contributed by atoms with Gasteiger partial charge in [-0.1, -0.05) is 15.9 Å². The summed E-state index contributed by atoms with van der Waals surface area (Å²) in [4.78, 5) is 27.4. The minimum atomic E-state index is -0.487. The van der Waals surface area contributed by atoms with Crippen molar-refractivity contribution in [3.05, 3.63) is 44.8 Å². The van der Waals surface area contributed by atoms with Crippen molar-refractivity contribution in [1.82, 2.24) is 21.2 Å². The highest BCUT2D eigenvalue weighted by molar-refractivity contribution is 9.10. The van der Waals surface area contributed by atoms with Gasteiger partial charge in [0.15, 0.2) is 6.61 Å². The zero-order chi connectivity index (χ0) is 17.4. The highest BCUT2D eigenvalue weighted by atomic mass is 79.9. The van der Waals surface area contributed by atoms with Crippen LogP contribution in [0.1, 0.15) is 10.7 Å². The Morgan fingerprint density at radius 1 is 1.25 bits per heavy atom. The van der Waals surface area contributed by atoms with Crippen molar-refractivity contribution < 1.29 is 14.3 Å². The van der Waals surface area contributed by atoms with Crippen molar-refractivity contribution in [2.75, 3.05) is 13.2 Å². The van der Waals surface area contributed by atoms with Gasteiger partial charge in [-0.2, -0.15) is 0 Å². The van der Waals surface area contributed by atoms with E-state index in [-0.39, 0.29) is 6.61 Å². The summed E-state index contributed by atoms with van der Waals surface area (Å²) in [6.45, 7) is 2.17. The van der Waals surface area contributed by atoms with Gasteiger partial charge in [-0.3, -0.25) is 10.2 Å². The first kappa shape index (κ1) is 18.2. The number of amides is 3. The van der Waals surface area contributed by atoms with Crippen LogP contribution in [0.25, 0.3) is 0 Å². The maximum atomic E-state index is 11.6. The molecular formula is C15H17BrN4O3S. The molecule has 0 atom stereocenters. The van der Waals surface area contributed by atoms with E-state index in [4.69, 9.17) is 4.74 Å². The molecule has 0 saturated heterocycles. The van der Waals surface area contributed by atoms with Gasteiger partial charge in [0, 0.05) is 22.8 Å². The lowest BCUT2D eigenvalue weighted by Gasteiger charge is -2.09. The molecule has 0 aliphatic carbocycles. The second-order valence-corrected chi connectivity index (χ2v) is 6.76. The van der Waals surface area contributed by atoms with Crippen LogP contribution in [0.5, 0.6) is 5.75 Å². The second-order valence-electron chi connectivity index (χ2n) is 4.78. The van der Waals surface area contributed by atoms with E-state index in [0.29, 0.717) is 18.7 Å². The number of thiazole rings is 1. The minimum Gasteiger partial charge on any atom is -0.484 e. The zero-order valence-corrected chi connectivity index (χ0v) is 15.4. The van der Waals surface area contributed by atoms with Crippen molar-refractivity contribution in [2.45, 2.75) is 13.3 Å². The van der Waals surface area contributed by atoms with Gasteiger partial charge in [-0.05, 0) is 31.2 Å². The molecule has 3 amide bonds. The van der Waals surface area contributed by atoms with Crippen LogP contribution in [0.3, 0.4) is 0 Å². The quantitative estimate of drug-likeness (QED) is 0.633. The lowest BCUT2D eigenvalue weighted by molar-refractivity contribution is -0.123. The standard InChI is InChI=1S/C15H17BrN4O3S/c1-10-18-12(9-24-10)6-7-17-15(22)20-19-14(21)8-23-13-4-2-11(16)3-5-13/h2-5,9H,6-8H2,1H3,(H,19,21)(H2,17,20,22). The number of nitrogens with zero attached hydrogens (tertiary/aromatic N) is 1. The Balaban J connectivity index is 1.58. The van der Waals surface area contributed by atoms with E-state index in [0.717, 1.165) is 15.2 Å². The number of hydrogen-bond donors (Lipinski definition) is 3. The number of aromatic nitrogens is 1. The molecular weight excluding hydrogens is 396 g/mol. The molecule has 0 fully saturated rings. The molecule has 0 spiro atoms. The molecule has 0 radical (unpaired) electrons. The van der Waals surface area contributed by atoms with E-state index in [2.05, 4.69) is 37.1 Å². The van der Waals surface area contributed by atoms with Gasteiger partial charge in [-0.25, -0.2) is 15.2 Å². The fourth-order valence-electron chi connectivity index (χ4n) is 1.71. The topological polar surface area (TPSA) is 92.4 Å². The van der Waals surface area contributed by atoms with Crippen LogP contribution in [0.2, 0.25) is 0 Å². The van der Waals surface area contributed by atoms with Gasteiger partial charge >= 0.3 is 6.03 Å². The average molecular weight is 413 g/mol. The summed E-state index contributed by atoms with van der Waals surface area (Å²) in [6, 6.07) is 6.60. The number of benzene rings is 1. The number of rotatable bonds is 6. The predicted molar refractivity (Wildman–Crippen MR) is 94.9 cm³/mol. The Hall–Kier alpha value is -2.13. The van der Waals surface area contributed by atoms with Crippen molar-refractivity contribution in [1.29, 1.82) is 0 Å². The first-order valence-corrected chi connectivity index (χ1v) is 8.82. The van der Waals surface area contributed by atoms with Crippen LogP contribution in [0, 0.1) is 6.92 Å². The third kappa shape index (κ3) is 6.55. The minimum absolute atomic E-state index is 0.194. The molecule has 128 valence electrons. The summed E-state index contributed by atoms with van der Waals surface area (Å²) in [5.41, 5.74) is 5.47. The Morgan fingerprint density at radius 3 is 2.67 bits per heavy atom. The van der Waals surface area contributed by atoms with Gasteiger partial charge in [0.1, 0.15) is 5.75 Å². The van der Waals surface area contributed by atoms with Crippen LogP contribution in [-0.4, -0.2) is 30.1 Å². The summed E-state index contributed by atoms with van der Waals surface area (Å²) in [6.07, 6.45) is 0.637. The molecule has 1 aromatic heterocycles. The third-order valence-corrected chi connectivity index (χ3v) is 4.18. The van der Waals surface area contributed by atoms with Gasteiger partial charge < -0.3 is 10.1 Å². The predicted octanol–water partition coefficient (Wildman–Crippen LogP) is 2.17. The number of nitrogens with one attached hydrogen (secondary N) is 3. The lowest BCUT2D eigenvalue weighted by atomic mass is 10.3. The van der Waals surface area contributed by atoms with Gasteiger partial charge in [-0.15, -0.1) is 11.3 Å². The van der Waals surface area contributed by atoms with E-state index in [1.54, 1.807) is 23.5 Å². The molecule has 1 heterocycles. The van der Waals surface area contributed by atoms with Crippen LogP contribution in [-0.2, 0) is 11.2 Å². The molecule has 0 aliphatic heterocycles. The Labute approximate surface area is 151 Å². The zero-order valence-electron chi connectivity index (χ0n) is 13.0. The number of urea groups is 1. The molecule has 0 bridgehead atoms. The number of carbonyl (C=O) groups is 2. The van der Waals surface area contributed by atoms with Crippen molar-refractivity contribution in [2.24, 2.45) is 0 Å². The molecule has 9 heteroatoms. The smallest absolute Gasteiger partial charge is 0.333 e. The summed E-state index contributed by atoms with van der Waals surface area (Å²) >= 11 is 4.88. The lowest BCUT2D eigenvalue weighted by Crippen LogP contribution is -2.48. The fraction of sp³-hybridized carbons (Fsp3) is 0.267. The highest BCUT2D eigenvalue weighted by Gasteiger charge is 2.06. The number of hydrazine groups is 1. The molecule has 2 aromatic rings. The van der Waals surface area contributed by atoms with Crippen molar-refractivity contribution in [3.8, 4) is 5.75 Å². The summed E-state index contributed by atoms with van der Waals surface area (Å²) in [7, 11) is 0. The molecule has 0 aliphatic rings.